The normalized spacial score (nSPS) is 23.2. The van der Waals surface area contributed by atoms with Crippen molar-refractivity contribution in [3.63, 3.8) is 0 Å². The van der Waals surface area contributed by atoms with Crippen LogP contribution in [0.1, 0.15) is 30.4 Å². The summed E-state index contributed by atoms with van der Waals surface area (Å²) in [6.07, 6.45) is 3.33. The number of carbonyl (C=O) groups excluding carboxylic acids is 1. The van der Waals surface area contributed by atoms with Crippen LogP contribution in [-0.2, 0) is 17.9 Å². The van der Waals surface area contributed by atoms with Crippen LogP contribution in [0.2, 0.25) is 0 Å². The highest BCUT2D eigenvalue weighted by molar-refractivity contribution is 7.80. The second-order valence-electron chi connectivity index (χ2n) is 6.33. The molecule has 0 radical (unpaired) electrons. The van der Waals surface area contributed by atoms with E-state index in [4.69, 9.17) is 0 Å². The Hall–Kier alpha value is -1.00. The SMILES string of the molecule is O=C1CC(CS)CN1Cc1ccc(CN2CCCC2)cc1. The van der Waals surface area contributed by atoms with Gasteiger partial charge in [0.05, 0.1) is 0 Å². The Morgan fingerprint density at radius 2 is 1.67 bits per heavy atom. The molecule has 2 aliphatic rings. The number of thiol groups is 1. The van der Waals surface area contributed by atoms with E-state index >= 15 is 0 Å². The van der Waals surface area contributed by atoms with Gasteiger partial charge in [-0.1, -0.05) is 24.3 Å². The van der Waals surface area contributed by atoms with Gasteiger partial charge in [-0.3, -0.25) is 9.69 Å². The quantitative estimate of drug-likeness (QED) is 0.845. The van der Waals surface area contributed by atoms with E-state index in [1.54, 1.807) is 0 Å². The van der Waals surface area contributed by atoms with Crippen molar-refractivity contribution in [3.8, 4) is 0 Å². The average Bonchev–Trinajstić information content (AvgIpc) is 3.11. The summed E-state index contributed by atoms with van der Waals surface area (Å²) in [4.78, 5) is 16.4. The van der Waals surface area contributed by atoms with Gasteiger partial charge in [0.15, 0.2) is 0 Å². The van der Waals surface area contributed by atoms with Gasteiger partial charge in [-0.05, 0) is 48.7 Å². The van der Waals surface area contributed by atoms with Crippen molar-refractivity contribution in [3.05, 3.63) is 35.4 Å². The molecule has 21 heavy (non-hydrogen) atoms. The van der Waals surface area contributed by atoms with Crippen LogP contribution in [0.25, 0.3) is 0 Å². The smallest absolute Gasteiger partial charge is 0.223 e. The molecule has 0 saturated carbocycles. The third kappa shape index (κ3) is 3.80. The number of hydrogen-bond donors (Lipinski definition) is 1. The minimum Gasteiger partial charge on any atom is -0.338 e. The third-order valence-electron chi connectivity index (χ3n) is 4.55. The predicted molar refractivity (Wildman–Crippen MR) is 88.3 cm³/mol. The Morgan fingerprint density at radius 1 is 1.05 bits per heavy atom. The number of amides is 1. The molecule has 1 unspecified atom stereocenters. The summed E-state index contributed by atoms with van der Waals surface area (Å²) in [7, 11) is 0. The van der Waals surface area contributed by atoms with E-state index in [9.17, 15) is 4.79 Å². The van der Waals surface area contributed by atoms with Crippen LogP contribution in [0.5, 0.6) is 0 Å². The van der Waals surface area contributed by atoms with Crippen LogP contribution in [0, 0.1) is 5.92 Å². The maximum atomic E-state index is 11.9. The molecule has 2 saturated heterocycles. The van der Waals surface area contributed by atoms with Gasteiger partial charge in [0, 0.05) is 26.1 Å². The summed E-state index contributed by atoms with van der Waals surface area (Å²) in [6, 6.07) is 8.77. The molecule has 0 bridgehead atoms. The summed E-state index contributed by atoms with van der Waals surface area (Å²) in [5.41, 5.74) is 2.61. The molecule has 3 nitrogen and oxygen atoms in total. The second kappa shape index (κ2) is 6.84. The van der Waals surface area contributed by atoms with Crippen molar-refractivity contribution in [1.29, 1.82) is 0 Å². The fraction of sp³-hybridized carbons (Fsp3) is 0.588. The number of carbonyl (C=O) groups is 1. The lowest BCUT2D eigenvalue weighted by Gasteiger charge is -2.18. The zero-order chi connectivity index (χ0) is 14.7. The number of benzene rings is 1. The molecule has 3 rings (SSSR count). The highest BCUT2D eigenvalue weighted by Crippen LogP contribution is 2.21. The first-order chi connectivity index (χ1) is 10.2. The molecule has 0 aliphatic carbocycles. The number of nitrogens with zero attached hydrogens (tertiary/aromatic N) is 2. The van der Waals surface area contributed by atoms with Gasteiger partial charge in [0.1, 0.15) is 0 Å². The minimum atomic E-state index is 0.273. The number of rotatable bonds is 5. The van der Waals surface area contributed by atoms with Crippen LogP contribution in [0.3, 0.4) is 0 Å². The van der Waals surface area contributed by atoms with Crippen molar-refractivity contribution in [2.75, 3.05) is 25.4 Å². The van der Waals surface area contributed by atoms with Crippen molar-refractivity contribution in [1.82, 2.24) is 9.80 Å². The molecule has 1 amide bonds. The van der Waals surface area contributed by atoms with Gasteiger partial charge < -0.3 is 4.90 Å². The Kier molecular flexibility index (Phi) is 4.86. The lowest BCUT2D eigenvalue weighted by Crippen LogP contribution is -2.24. The fourth-order valence-corrected chi connectivity index (χ4v) is 3.54. The molecule has 2 heterocycles. The van der Waals surface area contributed by atoms with E-state index < -0.39 is 0 Å². The average molecular weight is 304 g/mol. The Morgan fingerprint density at radius 3 is 2.24 bits per heavy atom. The summed E-state index contributed by atoms with van der Waals surface area (Å²) in [6.45, 7) is 5.12. The highest BCUT2D eigenvalue weighted by atomic mass is 32.1. The lowest BCUT2D eigenvalue weighted by molar-refractivity contribution is -0.128. The lowest BCUT2D eigenvalue weighted by atomic mass is 10.1. The molecule has 114 valence electrons. The van der Waals surface area contributed by atoms with Crippen molar-refractivity contribution in [2.24, 2.45) is 5.92 Å². The van der Waals surface area contributed by atoms with Crippen LogP contribution in [-0.4, -0.2) is 41.1 Å². The summed E-state index contributed by atoms with van der Waals surface area (Å²) >= 11 is 4.31. The largest absolute Gasteiger partial charge is 0.338 e. The first-order valence-corrected chi connectivity index (χ1v) is 8.56. The standard InChI is InChI=1S/C17H24N2OS/c20-17-9-16(13-21)12-19(17)11-15-5-3-14(4-6-15)10-18-7-1-2-8-18/h3-6,16,21H,1-2,7-13H2. The Balaban J connectivity index is 1.55. The molecule has 0 N–H and O–H groups in total. The van der Waals surface area contributed by atoms with E-state index in [1.807, 2.05) is 4.90 Å². The fourth-order valence-electron chi connectivity index (χ4n) is 3.30. The number of hydrogen-bond acceptors (Lipinski definition) is 3. The number of likely N-dealkylation sites (tertiary alicyclic amines) is 2. The van der Waals surface area contributed by atoms with Crippen LogP contribution in [0.4, 0.5) is 0 Å². The highest BCUT2D eigenvalue weighted by Gasteiger charge is 2.28. The van der Waals surface area contributed by atoms with E-state index in [0.29, 0.717) is 12.3 Å². The molecule has 0 spiro atoms. The van der Waals surface area contributed by atoms with E-state index in [-0.39, 0.29) is 5.91 Å². The van der Waals surface area contributed by atoms with Crippen molar-refractivity contribution >= 4 is 18.5 Å². The third-order valence-corrected chi connectivity index (χ3v) is 5.07. The van der Waals surface area contributed by atoms with Crippen LogP contribution < -0.4 is 0 Å². The van der Waals surface area contributed by atoms with Gasteiger partial charge in [0.25, 0.3) is 0 Å². The zero-order valence-corrected chi connectivity index (χ0v) is 13.4. The van der Waals surface area contributed by atoms with Crippen LogP contribution in [0.15, 0.2) is 24.3 Å². The summed E-state index contributed by atoms with van der Waals surface area (Å²) in [5.74, 6) is 1.50. The monoisotopic (exact) mass is 304 g/mol. The molecular formula is C17H24N2OS. The van der Waals surface area contributed by atoms with Gasteiger partial charge >= 0.3 is 0 Å². The predicted octanol–water partition coefficient (Wildman–Crippen LogP) is 2.56. The first kappa shape index (κ1) is 14.9. The maximum Gasteiger partial charge on any atom is 0.223 e. The van der Waals surface area contributed by atoms with Crippen LogP contribution >= 0.6 is 12.6 Å². The van der Waals surface area contributed by atoms with Crippen molar-refractivity contribution < 1.29 is 4.79 Å². The van der Waals surface area contributed by atoms with E-state index in [1.165, 1.54) is 37.1 Å². The molecular weight excluding hydrogens is 280 g/mol. The Bertz CT molecular complexity index is 482. The molecule has 1 aromatic rings. The van der Waals surface area contributed by atoms with E-state index in [2.05, 4.69) is 41.8 Å². The maximum absolute atomic E-state index is 11.9. The molecule has 0 aromatic heterocycles. The first-order valence-electron chi connectivity index (χ1n) is 7.93. The molecule has 2 aliphatic heterocycles. The van der Waals surface area contributed by atoms with Gasteiger partial charge in [-0.15, -0.1) is 0 Å². The molecule has 1 aromatic carbocycles. The molecule has 1 atom stereocenters. The Labute approximate surface area is 132 Å². The second-order valence-corrected chi connectivity index (χ2v) is 6.69. The van der Waals surface area contributed by atoms with E-state index in [0.717, 1.165) is 25.4 Å². The van der Waals surface area contributed by atoms with Gasteiger partial charge in [-0.25, -0.2) is 0 Å². The summed E-state index contributed by atoms with van der Waals surface area (Å²) in [5, 5.41) is 0. The zero-order valence-electron chi connectivity index (χ0n) is 12.5. The molecule has 4 heteroatoms. The van der Waals surface area contributed by atoms with Gasteiger partial charge in [0.2, 0.25) is 5.91 Å². The topological polar surface area (TPSA) is 23.6 Å². The summed E-state index contributed by atoms with van der Waals surface area (Å²) < 4.78 is 0. The van der Waals surface area contributed by atoms with Gasteiger partial charge in [-0.2, -0.15) is 12.6 Å². The van der Waals surface area contributed by atoms with Crippen molar-refractivity contribution in [2.45, 2.75) is 32.4 Å². The minimum absolute atomic E-state index is 0.273. The molecule has 2 fully saturated rings.